The van der Waals surface area contributed by atoms with E-state index in [-0.39, 0.29) is 41.8 Å². The van der Waals surface area contributed by atoms with Crippen LogP contribution >= 0.6 is 0 Å². The summed E-state index contributed by atoms with van der Waals surface area (Å²) in [6.07, 6.45) is 7.79. The predicted molar refractivity (Wildman–Crippen MR) is 106 cm³/mol. The third-order valence-corrected chi connectivity index (χ3v) is 6.64. The first kappa shape index (κ1) is 19.1. The Hall–Kier alpha value is -2.21. The molecular formula is C22H29N3O3. The van der Waals surface area contributed by atoms with Gasteiger partial charge in [-0.05, 0) is 50.7 Å². The Morgan fingerprint density at radius 1 is 0.964 bits per heavy atom. The van der Waals surface area contributed by atoms with Gasteiger partial charge in [-0.1, -0.05) is 25.0 Å². The molecule has 150 valence electrons. The standard InChI is InChI=1S/C22H29N3O3/c1-23-20(26)18-11-4-5-12-19(18)24-14-7-6-8-15(13-14)25-21(27)16-9-2-3-10-17(16)22(25)28/h2-3,9-10,14-15,18-19,24H,4-8,11-13H2,1H3,(H,23,26)/t14-,15-,18-,19+/m1/s1. The molecule has 4 atom stereocenters. The molecule has 0 radical (unpaired) electrons. The van der Waals surface area contributed by atoms with Crippen molar-refractivity contribution in [3.05, 3.63) is 35.4 Å². The van der Waals surface area contributed by atoms with Crippen molar-refractivity contribution in [1.29, 1.82) is 0 Å². The summed E-state index contributed by atoms with van der Waals surface area (Å²) in [5.41, 5.74) is 1.05. The van der Waals surface area contributed by atoms with Crippen LogP contribution in [0.25, 0.3) is 0 Å². The van der Waals surface area contributed by atoms with Crippen LogP contribution in [0.1, 0.15) is 72.1 Å². The highest BCUT2D eigenvalue weighted by atomic mass is 16.2. The molecule has 4 rings (SSSR count). The van der Waals surface area contributed by atoms with Gasteiger partial charge in [0.05, 0.1) is 17.0 Å². The highest BCUT2D eigenvalue weighted by molar-refractivity contribution is 6.21. The minimum atomic E-state index is -0.160. The first-order chi connectivity index (χ1) is 13.6. The van der Waals surface area contributed by atoms with Gasteiger partial charge in [0.15, 0.2) is 0 Å². The number of amides is 3. The largest absolute Gasteiger partial charge is 0.359 e. The zero-order valence-electron chi connectivity index (χ0n) is 16.4. The quantitative estimate of drug-likeness (QED) is 0.783. The fourth-order valence-corrected chi connectivity index (χ4v) is 5.22. The molecule has 0 aromatic heterocycles. The summed E-state index contributed by atoms with van der Waals surface area (Å²) < 4.78 is 0. The highest BCUT2D eigenvalue weighted by Gasteiger charge is 2.42. The van der Waals surface area contributed by atoms with E-state index in [0.717, 1.165) is 51.4 Å². The van der Waals surface area contributed by atoms with E-state index in [9.17, 15) is 14.4 Å². The van der Waals surface area contributed by atoms with Gasteiger partial charge in [-0.2, -0.15) is 0 Å². The van der Waals surface area contributed by atoms with Crippen LogP contribution in [0.4, 0.5) is 0 Å². The van der Waals surface area contributed by atoms with E-state index in [2.05, 4.69) is 10.6 Å². The highest BCUT2D eigenvalue weighted by Crippen LogP contribution is 2.32. The lowest BCUT2D eigenvalue weighted by Crippen LogP contribution is -2.53. The van der Waals surface area contributed by atoms with Crippen molar-refractivity contribution >= 4 is 17.7 Å². The third kappa shape index (κ3) is 3.46. The second-order valence-electron chi connectivity index (χ2n) is 8.32. The van der Waals surface area contributed by atoms with Crippen molar-refractivity contribution in [1.82, 2.24) is 15.5 Å². The summed E-state index contributed by atoms with van der Waals surface area (Å²) in [5, 5.41) is 6.52. The number of carbonyl (C=O) groups is 3. The lowest BCUT2D eigenvalue weighted by molar-refractivity contribution is -0.126. The summed E-state index contributed by atoms with van der Waals surface area (Å²) in [4.78, 5) is 39.4. The van der Waals surface area contributed by atoms with Gasteiger partial charge in [-0.3, -0.25) is 19.3 Å². The second kappa shape index (κ2) is 8.03. The van der Waals surface area contributed by atoms with E-state index in [1.165, 1.54) is 4.90 Å². The molecule has 1 aromatic rings. The van der Waals surface area contributed by atoms with Crippen molar-refractivity contribution in [3.8, 4) is 0 Å². The molecule has 1 aromatic carbocycles. The number of rotatable bonds is 4. The molecule has 2 aliphatic carbocycles. The van der Waals surface area contributed by atoms with Crippen molar-refractivity contribution in [2.45, 2.75) is 69.5 Å². The predicted octanol–water partition coefficient (Wildman–Crippen LogP) is 2.49. The Balaban J connectivity index is 1.44. The van der Waals surface area contributed by atoms with Crippen LogP contribution in [0, 0.1) is 5.92 Å². The van der Waals surface area contributed by atoms with Gasteiger partial charge in [0, 0.05) is 25.2 Å². The normalized spacial score (nSPS) is 30.2. The lowest BCUT2D eigenvalue weighted by Gasteiger charge is -2.39. The van der Waals surface area contributed by atoms with Gasteiger partial charge < -0.3 is 10.6 Å². The molecule has 3 aliphatic rings. The summed E-state index contributed by atoms with van der Waals surface area (Å²) in [7, 11) is 1.70. The lowest BCUT2D eigenvalue weighted by atomic mass is 9.82. The Morgan fingerprint density at radius 2 is 1.64 bits per heavy atom. The third-order valence-electron chi connectivity index (χ3n) is 6.64. The van der Waals surface area contributed by atoms with E-state index in [1.54, 1.807) is 31.3 Å². The van der Waals surface area contributed by atoms with Crippen LogP contribution < -0.4 is 10.6 Å². The minimum Gasteiger partial charge on any atom is -0.359 e. The molecule has 2 fully saturated rings. The maximum Gasteiger partial charge on any atom is 0.261 e. The smallest absolute Gasteiger partial charge is 0.261 e. The summed E-state index contributed by atoms with van der Waals surface area (Å²) >= 11 is 0. The molecule has 6 heteroatoms. The van der Waals surface area contributed by atoms with Crippen LogP contribution in [0.5, 0.6) is 0 Å². The van der Waals surface area contributed by atoms with E-state index in [1.807, 2.05) is 0 Å². The molecule has 0 bridgehead atoms. The molecule has 28 heavy (non-hydrogen) atoms. The van der Waals surface area contributed by atoms with Gasteiger partial charge in [-0.15, -0.1) is 0 Å². The van der Waals surface area contributed by atoms with Crippen molar-refractivity contribution < 1.29 is 14.4 Å². The number of hydrogen-bond donors (Lipinski definition) is 2. The first-order valence-corrected chi connectivity index (χ1v) is 10.5. The molecule has 2 saturated carbocycles. The SMILES string of the molecule is CNC(=O)[C@@H]1CCCC[C@@H]1N[C@@H]1CCC[C@@H](N2C(=O)c3ccccc3C2=O)C1. The van der Waals surface area contributed by atoms with Crippen LogP contribution in [0.3, 0.4) is 0 Å². The van der Waals surface area contributed by atoms with Gasteiger partial charge in [0.1, 0.15) is 0 Å². The number of nitrogens with one attached hydrogen (secondary N) is 2. The van der Waals surface area contributed by atoms with E-state index in [4.69, 9.17) is 0 Å². The number of benzene rings is 1. The Morgan fingerprint density at radius 3 is 2.32 bits per heavy atom. The number of hydrogen-bond acceptors (Lipinski definition) is 4. The van der Waals surface area contributed by atoms with Crippen LogP contribution in [0.15, 0.2) is 24.3 Å². The Labute approximate surface area is 166 Å². The molecule has 0 unspecified atom stereocenters. The average molecular weight is 383 g/mol. The Kier molecular flexibility index (Phi) is 5.49. The molecule has 1 aliphatic heterocycles. The fraction of sp³-hybridized carbons (Fsp3) is 0.591. The average Bonchev–Trinajstić information content (AvgIpc) is 2.99. The maximum absolute atomic E-state index is 12.8. The van der Waals surface area contributed by atoms with Crippen molar-refractivity contribution in [3.63, 3.8) is 0 Å². The van der Waals surface area contributed by atoms with Crippen LogP contribution in [-0.4, -0.2) is 47.8 Å². The molecule has 1 heterocycles. The minimum absolute atomic E-state index is 0.0124. The van der Waals surface area contributed by atoms with Crippen molar-refractivity contribution in [2.24, 2.45) is 5.92 Å². The van der Waals surface area contributed by atoms with Gasteiger partial charge in [0.2, 0.25) is 5.91 Å². The number of fused-ring (bicyclic) bond motifs is 1. The number of imide groups is 1. The summed E-state index contributed by atoms with van der Waals surface area (Å²) in [6.45, 7) is 0. The maximum atomic E-state index is 12.8. The molecular weight excluding hydrogens is 354 g/mol. The summed E-state index contributed by atoms with van der Waals surface area (Å²) in [6, 6.07) is 7.44. The van der Waals surface area contributed by atoms with E-state index < -0.39 is 0 Å². The molecule has 0 saturated heterocycles. The molecule has 3 amide bonds. The van der Waals surface area contributed by atoms with E-state index in [0.29, 0.717) is 11.1 Å². The zero-order chi connectivity index (χ0) is 19.7. The second-order valence-corrected chi connectivity index (χ2v) is 8.32. The number of nitrogens with zero attached hydrogens (tertiary/aromatic N) is 1. The number of carbonyl (C=O) groups excluding carboxylic acids is 3. The van der Waals surface area contributed by atoms with Crippen LogP contribution in [0.2, 0.25) is 0 Å². The first-order valence-electron chi connectivity index (χ1n) is 10.5. The van der Waals surface area contributed by atoms with E-state index >= 15 is 0 Å². The fourth-order valence-electron chi connectivity index (χ4n) is 5.22. The summed E-state index contributed by atoms with van der Waals surface area (Å²) in [5.74, 6) is -0.192. The van der Waals surface area contributed by atoms with Gasteiger partial charge in [-0.25, -0.2) is 0 Å². The monoisotopic (exact) mass is 383 g/mol. The Bertz CT molecular complexity index is 743. The van der Waals surface area contributed by atoms with Crippen LogP contribution in [-0.2, 0) is 4.79 Å². The molecule has 0 spiro atoms. The van der Waals surface area contributed by atoms with Gasteiger partial charge in [0.25, 0.3) is 11.8 Å². The topological polar surface area (TPSA) is 78.5 Å². The molecule has 6 nitrogen and oxygen atoms in total. The van der Waals surface area contributed by atoms with Gasteiger partial charge >= 0.3 is 0 Å². The molecule has 2 N–H and O–H groups in total. The zero-order valence-corrected chi connectivity index (χ0v) is 16.4. The van der Waals surface area contributed by atoms with Crippen molar-refractivity contribution in [2.75, 3.05) is 7.05 Å².